The van der Waals surface area contributed by atoms with Crippen LogP contribution in [0.1, 0.15) is 32.6 Å². The molecular formula is C15H24O4. The van der Waals surface area contributed by atoms with Crippen LogP contribution in [0, 0.1) is 5.92 Å². The van der Waals surface area contributed by atoms with E-state index in [1.807, 2.05) is 0 Å². The lowest BCUT2D eigenvalue weighted by atomic mass is 9.96. The van der Waals surface area contributed by atoms with Gasteiger partial charge in [-0.25, -0.2) is 0 Å². The summed E-state index contributed by atoms with van der Waals surface area (Å²) >= 11 is 0. The van der Waals surface area contributed by atoms with Crippen LogP contribution in [0.4, 0.5) is 0 Å². The number of rotatable bonds is 8. The third-order valence-electron chi connectivity index (χ3n) is 3.24. The molecule has 4 nitrogen and oxygen atoms in total. The van der Waals surface area contributed by atoms with Gasteiger partial charge in [0.15, 0.2) is 0 Å². The minimum absolute atomic E-state index is 0.00168. The largest absolute Gasteiger partial charge is 0.466 e. The topological polar surface area (TPSA) is 55.8 Å². The van der Waals surface area contributed by atoms with Crippen LogP contribution in [0.2, 0.25) is 0 Å². The Hall–Kier alpha value is -1.13. The van der Waals surface area contributed by atoms with E-state index in [9.17, 15) is 9.90 Å². The normalized spacial score (nSPS) is 26.7. The predicted octanol–water partition coefficient (Wildman–Crippen LogP) is 2.23. The van der Waals surface area contributed by atoms with Crippen LogP contribution in [0.25, 0.3) is 0 Å². The first-order valence-corrected chi connectivity index (χ1v) is 6.93. The average Bonchev–Trinajstić information content (AvgIpc) is 2.75. The van der Waals surface area contributed by atoms with Crippen LogP contribution in [0.5, 0.6) is 0 Å². The summed E-state index contributed by atoms with van der Waals surface area (Å²) in [7, 11) is 0. The van der Waals surface area contributed by atoms with E-state index < -0.39 is 6.10 Å². The smallest absolute Gasteiger partial charge is 0.305 e. The molecule has 1 N–H and O–H groups in total. The highest BCUT2D eigenvalue weighted by atomic mass is 16.5. The van der Waals surface area contributed by atoms with E-state index in [1.165, 1.54) is 0 Å². The van der Waals surface area contributed by atoms with Gasteiger partial charge in [-0.3, -0.25) is 4.79 Å². The molecule has 0 radical (unpaired) electrons. The molecule has 0 aliphatic carbocycles. The zero-order valence-corrected chi connectivity index (χ0v) is 11.6. The summed E-state index contributed by atoms with van der Waals surface area (Å²) in [5.74, 6) is -0.191. The summed E-state index contributed by atoms with van der Waals surface area (Å²) in [5, 5.41) is 10.0. The van der Waals surface area contributed by atoms with Crippen LogP contribution < -0.4 is 0 Å². The van der Waals surface area contributed by atoms with Crippen molar-refractivity contribution in [2.75, 3.05) is 13.2 Å². The maximum Gasteiger partial charge on any atom is 0.305 e. The summed E-state index contributed by atoms with van der Waals surface area (Å²) < 4.78 is 10.6. The van der Waals surface area contributed by atoms with Crippen molar-refractivity contribution in [3.8, 4) is 0 Å². The van der Waals surface area contributed by atoms with Crippen molar-refractivity contribution in [3.63, 3.8) is 0 Å². The van der Waals surface area contributed by atoms with E-state index in [0.717, 1.165) is 12.8 Å². The van der Waals surface area contributed by atoms with Crippen molar-refractivity contribution in [3.05, 3.63) is 24.8 Å². The quantitative estimate of drug-likeness (QED) is 0.416. The number of hydrogen-bond donors (Lipinski definition) is 1. The summed E-state index contributed by atoms with van der Waals surface area (Å²) in [6.07, 6.45) is 7.20. The molecule has 1 saturated heterocycles. The van der Waals surface area contributed by atoms with E-state index >= 15 is 0 Å². The van der Waals surface area contributed by atoms with Gasteiger partial charge in [0.1, 0.15) is 6.10 Å². The Morgan fingerprint density at radius 2 is 2.37 bits per heavy atom. The van der Waals surface area contributed by atoms with Crippen molar-refractivity contribution in [1.82, 2.24) is 0 Å². The van der Waals surface area contributed by atoms with Crippen LogP contribution >= 0.6 is 0 Å². The molecule has 0 spiro atoms. The maximum absolute atomic E-state index is 11.5. The van der Waals surface area contributed by atoms with Gasteiger partial charge in [0, 0.05) is 12.3 Å². The van der Waals surface area contributed by atoms with Gasteiger partial charge < -0.3 is 14.6 Å². The Balaban J connectivity index is 2.25. The van der Waals surface area contributed by atoms with Crippen LogP contribution in [0.3, 0.4) is 0 Å². The molecule has 0 aromatic carbocycles. The Labute approximate surface area is 115 Å². The molecule has 3 atom stereocenters. The fourth-order valence-electron chi connectivity index (χ4n) is 2.02. The van der Waals surface area contributed by atoms with Crippen molar-refractivity contribution < 1.29 is 19.4 Å². The highest BCUT2D eigenvalue weighted by Gasteiger charge is 2.34. The van der Waals surface area contributed by atoms with Crippen LogP contribution in [0.15, 0.2) is 24.8 Å². The van der Waals surface area contributed by atoms with Crippen LogP contribution in [-0.2, 0) is 14.3 Å². The third-order valence-corrected chi connectivity index (χ3v) is 3.24. The lowest BCUT2D eigenvalue weighted by molar-refractivity contribution is -0.144. The van der Waals surface area contributed by atoms with Gasteiger partial charge in [0.05, 0.1) is 19.3 Å². The van der Waals surface area contributed by atoms with Gasteiger partial charge in [-0.1, -0.05) is 38.2 Å². The standard InChI is InChI=1S/C15H24O4/c1-3-5-7-13-15(17)12(11-19-13)8-9-14(16)18-10-6-4-2/h3,5,7,12-13,15,17H,1,4,6,8-11H2,2H3/b7-5+/t12-,13-,15+/m1/s1. The molecule has 19 heavy (non-hydrogen) atoms. The molecule has 0 saturated carbocycles. The van der Waals surface area contributed by atoms with Crippen molar-refractivity contribution in [2.45, 2.75) is 44.8 Å². The molecule has 1 fully saturated rings. The molecule has 1 heterocycles. The zero-order chi connectivity index (χ0) is 14.1. The number of aliphatic hydroxyl groups is 1. The average molecular weight is 268 g/mol. The number of unbranched alkanes of at least 4 members (excludes halogenated alkanes) is 1. The molecule has 0 bridgehead atoms. The van der Waals surface area contributed by atoms with E-state index in [0.29, 0.717) is 26.1 Å². The lowest BCUT2D eigenvalue weighted by Gasteiger charge is -2.14. The molecular weight excluding hydrogens is 244 g/mol. The summed E-state index contributed by atoms with van der Waals surface area (Å²) in [4.78, 5) is 11.5. The van der Waals surface area contributed by atoms with Crippen LogP contribution in [-0.4, -0.2) is 36.5 Å². The van der Waals surface area contributed by atoms with E-state index in [4.69, 9.17) is 9.47 Å². The Morgan fingerprint density at radius 1 is 1.58 bits per heavy atom. The van der Waals surface area contributed by atoms with E-state index in [-0.39, 0.29) is 18.0 Å². The van der Waals surface area contributed by atoms with Gasteiger partial charge in [0.25, 0.3) is 0 Å². The lowest BCUT2D eigenvalue weighted by Crippen LogP contribution is -2.25. The molecule has 4 heteroatoms. The number of carbonyl (C=O) groups excluding carboxylic acids is 1. The van der Waals surface area contributed by atoms with Gasteiger partial charge in [-0.2, -0.15) is 0 Å². The summed E-state index contributed by atoms with van der Waals surface area (Å²) in [6, 6.07) is 0. The number of aliphatic hydroxyl groups excluding tert-OH is 1. The molecule has 108 valence electrons. The molecule has 1 aliphatic heterocycles. The van der Waals surface area contributed by atoms with Gasteiger partial charge in [-0.05, 0) is 12.8 Å². The van der Waals surface area contributed by atoms with Gasteiger partial charge in [-0.15, -0.1) is 0 Å². The maximum atomic E-state index is 11.5. The van der Waals surface area contributed by atoms with Crippen molar-refractivity contribution in [2.24, 2.45) is 5.92 Å². The highest BCUT2D eigenvalue weighted by Crippen LogP contribution is 2.25. The Bertz CT molecular complexity index is 311. The summed E-state index contributed by atoms with van der Waals surface area (Å²) in [6.45, 7) is 6.60. The first-order valence-electron chi connectivity index (χ1n) is 6.93. The minimum Gasteiger partial charge on any atom is -0.466 e. The van der Waals surface area contributed by atoms with Crippen molar-refractivity contribution >= 4 is 5.97 Å². The number of ether oxygens (including phenoxy) is 2. The first-order chi connectivity index (χ1) is 9.19. The van der Waals surface area contributed by atoms with E-state index in [2.05, 4.69) is 13.5 Å². The molecule has 0 aromatic heterocycles. The van der Waals surface area contributed by atoms with Gasteiger partial charge >= 0.3 is 5.97 Å². The number of allylic oxidation sites excluding steroid dienone is 2. The molecule has 0 amide bonds. The van der Waals surface area contributed by atoms with Crippen molar-refractivity contribution in [1.29, 1.82) is 0 Å². The molecule has 0 aromatic rings. The number of esters is 1. The fourth-order valence-corrected chi connectivity index (χ4v) is 2.02. The zero-order valence-electron chi connectivity index (χ0n) is 11.6. The molecule has 1 rings (SSSR count). The second kappa shape index (κ2) is 8.88. The second-order valence-corrected chi connectivity index (χ2v) is 4.78. The monoisotopic (exact) mass is 268 g/mol. The van der Waals surface area contributed by atoms with E-state index in [1.54, 1.807) is 18.2 Å². The molecule has 1 aliphatic rings. The second-order valence-electron chi connectivity index (χ2n) is 4.78. The van der Waals surface area contributed by atoms with Gasteiger partial charge in [0.2, 0.25) is 0 Å². The predicted molar refractivity (Wildman–Crippen MR) is 73.7 cm³/mol. The first kappa shape index (κ1) is 15.9. The number of hydrogen-bond acceptors (Lipinski definition) is 4. The Kier molecular flexibility index (Phi) is 7.45. The Morgan fingerprint density at radius 3 is 3.05 bits per heavy atom. The fraction of sp³-hybridized carbons (Fsp3) is 0.667. The number of carbonyl (C=O) groups is 1. The molecule has 0 unspecified atom stereocenters. The SMILES string of the molecule is C=C/C=C/[C@H]1OC[C@@H](CCC(=O)OCCCC)[C@@H]1O. The summed E-state index contributed by atoms with van der Waals surface area (Å²) in [5.41, 5.74) is 0. The third kappa shape index (κ3) is 5.57. The minimum atomic E-state index is -0.556. The highest BCUT2D eigenvalue weighted by molar-refractivity contribution is 5.69.